The lowest BCUT2D eigenvalue weighted by atomic mass is 9.98. The van der Waals surface area contributed by atoms with Crippen LogP contribution >= 0.6 is 0 Å². The third-order valence-corrected chi connectivity index (χ3v) is 6.72. The molecule has 1 unspecified atom stereocenters. The molecule has 0 bridgehead atoms. The van der Waals surface area contributed by atoms with Gasteiger partial charge in [0.05, 0.1) is 5.56 Å². The van der Waals surface area contributed by atoms with Crippen molar-refractivity contribution < 1.29 is 27.6 Å². The average molecular weight is 574 g/mol. The zero-order valence-electron chi connectivity index (χ0n) is 23.1. The van der Waals surface area contributed by atoms with Gasteiger partial charge in [-0.3, -0.25) is 14.4 Å². The van der Waals surface area contributed by atoms with Gasteiger partial charge in [0.25, 0.3) is 5.91 Å². The molecule has 3 amide bonds. The minimum atomic E-state index is -4.45. The van der Waals surface area contributed by atoms with Gasteiger partial charge in [-0.15, -0.1) is 0 Å². The second kappa shape index (κ2) is 13.2. The smallest absolute Gasteiger partial charge is 0.350 e. The van der Waals surface area contributed by atoms with Crippen molar-refractivity contribution in [3.63, 3.8) is 0 Å². The molecule has 4 aromatic rings. The number of hydrogen-bond donors (Lipinski definition) is 3. The Morgan fingerprint density at radius 1 is 0.833 bits per heavy atom. The Balaban J connectivity index is 1.45. The molecule has 0 saturated carbocycles. The van der Waals surface area contributed by atoms with Crippen LogP contribution in [-0.4, -0.2) is 17.7 Å². The number of hydrogen-bond acceptors (Lipinski definition) is 3. The lowest BCUT2D eigenvalue weighted by molar-refractivity contribution is -0.137. The number of aryl methyl sites for hydroxylation is 1. The van der Waals surface area contributed by atoms with Crippen LogP contribution in [0.2, 0.25) is 0 Å². The van der Waals surface area contributed by atoms with Crippen LogP contribution in [0.25, 0.3) is 11.1 Å². The number of alkyl halides is 3. The summed E-state index contributed by atoms with van der Waals surface area (Å²) < 4.78 is 39.0. The van der Waals surface area contributed by atoms with Gasteiger partial charge in [-0.1, -0.05) is 79.7 Å². The van der Waals surface area contributed by atoms with E-state index in [9.17, 15) is 27.6 Å². The second-order valence-corrected chi connectivity index (χ2v) is 9.71. The van der Waals surface area contributed by atoms with Crippen molar-refractivity contribution in [1.82, 2.24) is 10.6 Å². The van der Waals surface area contributed by atoms with Crippen LogP contribution < -0.4 is 16.0 Å². The fourth-order valence-electron chi connectivity index (χ4n) is 4.44. The molecule has 1 atom stereocenters. The molecule has 0 fully saturated rings. The van der Waals surface area contributed by atoms with Gasteiger partial charge in [-0.05, 0) is 59.0 Å². The fraction of sp³-hybridized carbons (Fsp3) is 0.182. The molecule has 0 aromatic heterocycles. The van der Waals surface area contributed by atoms with E-state index in [0.29, 0.717) is 27.9 Å². The third kappa shape index (κ3) is 7.42. The van der Waals surface area contributed by atoms with Crippen LogP contribution in [0.1, 0.15) is 52.0 Å². The van der Waals surface area contributed by atoms with Gasteiger partial charge >= 0.3 is 6.18 Å². The highest BCUT2D eigenvalue weighted by Gasteiger charge is 2.30. The monoisotopic (exact) mass is 573 g/mol. The number of carbonyl (C=O) groups excluding carboxylic acids is 3. The van der Waals surface area contributed by atoms with Gasteiger partial charge < -0.3 is 16.0 Å². The first-order valence-corrected chi connectivity index (χ1v) is 13.4. The lowest BCUT2D eigenvalue weighted by Gasteiger charge is -2.19. The Morgan fingerprint density at radius 2 is 1.50 bits per heavy atom. The van der Waals surface area contributed by atoms with E-state index in [0.717, 1.165) is 23.3 Å². The number of benzene rings is 4. The number of carbonyl (C=O) groups is 3. The zero-order valence-corrected chi connectivity index (χ0v) is 23.1. The first-order chi connectivity index (χ1) is 20.1. The molecule has 0 saturated heterocycles. The van der Waals surface area contributed by atoms with Crippen LogP contribution in [-0.2, 0) is 22.3 Å². The van der Waals surface area contributed by atoms with Crippen molar-refractivity contribution in [2.75, 3.05) is 5.32 Å². The summed E-state index contributed by atoms with van der Waals surface area (Å²) in [7, 11) is 0. The molecule has 3 N–H and O–H groups in total. The Kier molecular flexibility index (Phi) is 9.42. The summed E-state index contributed by atoms with van der Waals surface area (Å²) >= 11 is 0. The molecule has 4 rings (SSSR count). The quantitative estimate of drug-likeness (QED) is 0.205. The number of nitrogens with one attached hydrogen (secondary N) is 3. The molecule has 0 aliphatic heterocycles. The molecule has 0 heterocycles. The zero-order chi connectivity index (χ0) is 30.3. The van der Waals surface area contributed by atoms with E-state index in [1.54, 1.807) is 67.6 Å². The Hall–Kier alpha value is -4.92. The number of amides is 3. The topological polar surface area (TPSA) is 87.3 Å². The normalized spacial score (nSPS) is 11.8. The third-order valence-electron chi connectivity index (χ3n) is 6.72. The van der Waals surface area contributed by atoms with Gasteiger partial charge in [-0.25, -0.2) is 0 Å². The highest BCUT2D eigenvalue weighted by Crippen LogP contribution is 2.32. The van der Waals surface area contributed by atoms with Gasteiger partial charge in [-0.2, -0.15) is 13.2 Å². The van der Waals surface area contributed by atoms with E-state index in [-0.39, 0.29) is 24.8 Å². The van der Waals surface area contributed by atoms with Crippen molar-refractivity contribution in [2.45, 2.75) is 39.0 Å². The summed E-state index contributed by atoms with van der Waals surface area (Å²) in [5.41, 5.74) is 3.30. The summed E-state index contributed by atoms with van der Waals surface area (Å²) in [6.45, 7) is 3.73. The SMILES string of the molecule is CCC(=O)NC(C(=O)NCc1ccc(NC(=O)c2ccccc2-c2ccc(C(F)(F)F)cc2)c(C)c1)c1ccccc1. The summed E-state index contributed by atoms with van der Waals surface area (Å²) in [5.74, 6) is -1.00. The van der Waals surface area contributed by atoms with Crippen LogP contribution in [0.4, 0.5) is 18.9 Å². The molecule has 0 aliphatic rings. The summed E-state index contributed by atoms with van der Waals surface area (Å²) in [4.78, 5) is 38.3. The van der Waals surface area contributed by atoms with Crippen LogP contribution in [0, 0.1) is 6.92 Å². The molecule has 216 valence electrons. The van der Waals surface area contributed by atoms with E-state index in [1.807, 2.05) is 19.1 Å². The molecular weight excluding hydrogens is 543 g/mol. The lowest BCUT2D eigenvalue weighted by Crippen LogP contribution is -2.39. The molecular formula is C33H30F3N3O3. The van der Waals surface area contributed by atoms with Crippen molar-refractivity contribution >= 4 is 23.4 Å². The summed E-state index contributed by atoms with van der Waals surface area (Å²) in [6, 6.07) is 24.8. The molecule has 9 heteroatoms. The summed E-state index contributed by atoms with van der Waals surface area (Å²) in [6.07, 6.45) is -4.20. The second-order valence-electron chi connectivity index (χ2n) is 9.71. The Labute approximate surface area is 242 Å². The molecule has 4 aromatic carbocycles. The van der Waals surface area contributed by atoms with E-state index in [2.05, 4.69) is 16.0 Å². The van der Waals surface area contributed by atoms with Crippen LogP contribution in [0.15, 0.2) is 97.1 Å². The Morgan fingerprint density at radius 3 is 2.14 bits per heavy atom. The summed E-state index contributed by atoms with van der Waals surface area (Å²) in [5, 5.41) is 8.50. The van der Waals surface area contributed by atoms with Crippen molar-refractivity contribution in [3.05, 3.63) is 125 Å². The number of anilines is 1. The minimum Gasteiger partial charge on any atom is -0.350 e. The molecule has 6 nitrogen and oxygen atoms in total. The van der Waals surface area contributed by atoms with Crippen LogP contribution in [0.5, 0.6) is 0 Å². The van der Waals surface area contributed by atoms with E-state index in [4.69, 9.17) is 0 Å². The molecule has 0 spiro atoms. The minimum absolute atomic E-state index is 0.204. The van der Waals surface area contributed by atoms with Gasteiger partial charge in [0.1, 0.15) is 6.04 Å². The van der Waals surface area contributed by atoms with Gasteiger partial charge in [0, 0.05) is 24.2 Å². The van der Waals surface area contributed by atoms with Crippen molar-refractivity contribution in [2.24, 2.45) is 0 Å². The van der Waals surface area contributed by atoms with E-state index in [1.165, 1.54) is 12.1 Å². The Bertz CT molecular complexity index is 1570. The fourth-order valence-corrected chi connectivity index (χ4v) is 4.44. The molecule has 0 aliphatic carbocycles. The maximum absolute atomic E-state index is 13.2. The average Bonchev–Trinajstić information content (AvgIpc) is 2.99. The van der Waals surface area contributed by atoms with Gasteiger partial charge in [0.15, 0.2) is 0 Å². The van der Waals surface area contributed by atoms with Crippen molar-refractivity contribution in [3.8, 4) is 11.1 Å². The highest BCUT2D eigenvalue weighted by atomic mass is 19.4. The predicted octanol–water partition coefficient (Wildman–Crippen LogP) is 6.82. The first-order valence-electron chi connectivity index (χ1n) is 13.4. The largest absolute Gasteiger partial charge is 0.416 e. The maximum Gasteiger partial charge on any atom is 0.416 e. The van der Waals surface area contributed by atoms with E-state index >= 15 is 0 Å². The standard InChI is InChI=1S/C33H30F3N3O3/c1-3-29(40)39-30(24-9-5-4-6-10-24)32(42)37-20-22-13-18-28(21(2)19-22)38-31(41)27-12-8-7-11-26(27)23-14-16-25(17-15-23)33(34,35)36/h4-19,30H,3,20H2,1-2H3,(H,37,42)(H,38,41)(H,39,40). The number of halogens is 3. The first kappa shape index (κ1) is 30.0. The predicted molar refractivity (Wildman–Crippen MR) is 155 cm³/mol. The van der Waals surface area contributed by atoms with Crippen molar-refractivity contribution in [1.29, 1.82) is 0 Å². The maximum atomic E-state index is 13.2. The molecule has 0 radical (unpaired) electrons. The van der Waals surface area contributed by atoms with Gasteiger partial charge in [0.2, 0.25) is 11.8 Å². The van der Waals surface area contributed by atoms with Crippen LogP contribution in [0.3, 0.4) is 0 Å². The molecule has 42 heavy (non-hydrogen) atoms. The van der Waals surface area contributed by atoms with E-state index < -0.39 is 23.7 Å². The highest BCUT2D eigenvalue weighted by molar-refractivity contribution is 6.09. The number of rotatable bonds is 9.